The van der Waals surface area contributed by atoms with Crippen molar-refractivity contribution in [1.29, 1.82) is 0 Å². The third kappa shape index (κ3) is 5.07. The number of phenolic OH excluding ortho intramolecular Hbond substituents is 1. The first-order valence-corrected chi connectivity index (χ1v) is 7.63. The van der Waals surface area contributed by atoms with Crippen molar-refractivity contribution in [3.05, 3.63) is 53.6 Å². The monoisotopic (exact) mass is 341 g/mol. The van der Waals surface area contributed by atoms with Crippen molar-refractivity contribution in [3.63, 3.8) is 0 Å². The zero-order chi connectivity index (χ0) is 18.2. The third-order valence-electron chi connectivity index (χ3n) is 3.34. The van der Waals surface area contributed by atoms with E-state index in [2.05, 4.69) is 15.8 Å². The summed E-state index contributed by atoms with van der Waals surface area (Å²) in [6, 6.07) is 11.2. The van der Waals surface area contributed by atoms with Crippen LogP contribution in [-0.2, 0) is 4.79 Å². The minimum Gasteiger partial charge on any atom is -0.504 e. The first-order chi connectivity index (χ1) is 12.0. The van der Waals surface area contributed by atoms with Gasteiger partial charge in [-0.15, -0.1) is 0 Å². The lowest BCUT2D eigenvalue weighted by atomic mass is 10.2. The van der Waals surface area contributed by atoms with Crippen LogP contribution in [0.5, 0.6) is 11.5 Å². The van der Waals surface area contributed by atoms with Crippen LogP contribution in [0.15, 0.2) is 47.6 Å². The number of carbonyl (C=O) groups is 2. The molecule has 0 aliphatic rings. The van der Waals surface area contributed by atoms with Gasteiger partial charge in [0.05, 0.1) is 13.3 Å². The Morgan fingerprint density at radius 1 is 1.20 bits per heavy atom. The normalized spacial score (nSPS) is 10.5. The maximum absolute atomic E-state index is 12.0. The molecule has 7 nitrogen and oxygen atoms in total. The Bertz CT molecular complexity index is 785. The number of nitrogens with zero attached hydrogens (tertiary/aromatic N) is 1. The molecule has 0 aromatic heterocycles. The lowest BCUT2D eigenvalue weighted by Crippen LogP contribution is -2.17. The molecule has 0 aliphatic heterocycles. The molecule has 0 bridgehead atoms. The summed E-state index contributed by atoms with van der Waals surface area (Å²) in [7, 11) is 1.45. The van der Waals surface area contributed by atoms with Crippen LogP contribution in [-0.4, -0.2) is 30.2 Å². The SMILES string of the molecule is CCC(=O)Nc1ccc(C(=O)N/N=C\c2ccc(O)c(OC)c2)cc1. The average molecular weight is 341 g/mol. The van der Waals surface area contributed by atoms with Gasteiger partial charge in [-0.25, -0.2) is 5.43 Å². The summed E-state index contributed by atoms with van der Waals surface area (Å²) in [6.07, 6.45) is 1.83. The number of aromatic hydroxyl groups is 1. The number of anilines is 1. The highest BCUT2D eigenvalue weighted by atomic mass is 16.5. The predicted octanol–water partition coefficient (Wildman–Crippen LogP) is 2.51. The van der Waals surface area contributed by atoms with Crippen molar-refractivity contribution in [2.45, 2.75) is 13.3 Å². The number of carbonyl (C=O) groups excluding carboxylic acids is 2. The summed E-state index contributed by atoms with van der Waals surface area (Å²) < 4.78 is 5.00. The van der Waals surface area contributed by atoms with Gasteiger partial charge in [-0.05, 0) is 48.0 Å². The smallest absolute Gasteiger partial charge is 0.271 e. The largest absolute Gasteiger partial charge is 0.504 e. The Morgan fingerprint density at radius 3 is 2.56 bits per heavy atom. The summed E-state index contributed by atoms with van der Waals surface area (Å²) in [5, 5.41) is 16.1. The Hall–Kier alpha value is -3.35. The van der Waals surface area contributed by atoms with Gasteiger partial charge < -0.3 is 15.2 Å². The van der Waals surface area contributed by atoms with Crippen LogP contribution in [0.3, 0.4) is 0 Å². The number of amides is 2. The molecule has 0 atom stereocenters. The minimum atomic E-state index is -0.379. The molecule has 130 valence electrons. The van der Waals surface area contributed by atoms with Crippen LogP contribution < -0.4 is 15.5 Å². The molecule has 3 N–H and O–H groups in total. The molecule has 2 aromatic carbocycles. The molecule has 0 radical (unpaired) electrons. The Balaban J connectivity index is 1.96. The number of hydrogen-bond acceptors (Lipinski definition) is 5. The Labute approximate surface area is 145 Å². The molecule has 2 aromatic rings. The van der Waals surface area contributed by atoms with E-state index in [-0.39, 0.29) is 17.6 Å². The maximum Gasteiger partial charge on any atom is 0.271 e. The van der Waals surface area contributed by atoms with Crippen LogP contribution in [0.25, 0.3) is 0 Å². The van der Waals surface area contributed by atoms with Crippen molar-refractivity contribution < 1.29 is 19.4 Å². The summed E-state index contributed by atoms with van der Waals surface area (Å²) in [6.45, 7) is 1.76. The molecule has 0 aliphatic carbocycles. The number of nitrogens with one attached hydrogen (secondary N) is 2. The summed E-state index contributed by atoms with van der Waals surface area (Å²) >= 11 is 0. The van der Waals surface area contributed by atoms with Gasteiger partial charge >= 0.3 is 0 Å². The fraction of sp³-hybridized carbons (Fsp3) is 0.167. The van der Waals surface area contributed by atoms with Crippen molar-refractivity contribution in [1.82, 2.24) is 5.43 Å². The van der Waals surface area contributed by atoms with Crippen LogP contribution in [0.1, 0.15) is 29.3 Å². The van der Waals surface area contributed by atoms with E-state index in [0.29, 0.717) is 29.0 Å². The van der Waals surface area contributed by atoms with Gasteiger partial charge in [0.25, 0.3) is 5.91 Å². The first kappa shape index (κ1) is 18.0. The topological polar surface area (TPSA) is 100 Å². The zero-order valence-electron chi connectivity index (χ0n) is 13.9. The first-order valence-electron chi connectivity index (χ1n) is 7.63. The molecule has 7 heteroatoms. The molecule has 0 unspecified atom stereocenters. The highest BCUT2D eigenvalue weighted by molar-refractivity contribution is 5.96. The quantitative estimate of drug-likeness (QED) is 0.555. The van der Waals surface area contributed by atoms with Crippen molar-refractivity contribution in [2.75, 3.05) is 12.4 Å². The van der Waals surface area contributed by atoms with E-state index in [1.165, 1.54) is 19.4 Å². The molecule has 0 fully saturated rings. The predicted molar refractivity (Wildman–Crippen MR) is 95.1 cm³/mol. The lowest BCUT2D eigenvalue weighted by Gasteiger charge is -2.05. The number of rotatable bonds is 6. The van der Waals surface area contributed by atoms with E-state index in [1.54, 1.807) is 43.3 Å². The van der Waals surface area contributed by atoms with Crippen molar-refractivity contribution >= 4 is 23.7 Å². The molecule has 25 heavy (non-hydrogen) atoms. The second kappa shape index (κ2) is 8.49. The van der Waals surface area contributed by atoms with Crippen molar-refractivity contribution in [3.8, 4) is 11.5 Å². The molecule has 0 spiro atoms. The van der Waals surface area contributed by atoms with E-state index in [0.717, 1.165) is 0 Å². The van der Waals surface area contributed by atoms with Crippen LogP contribution in [0.2, 0.25) is 0 Å². The van der Waals surface area contributed by atoms with Crippen LogP contribution in [0, 0.1) is 0 Å². The number of ether oxygens (including phenoxy) is 1. The number of phenols is 1. The van der Waals surface area contributed by atoms with E-state index in [9.17, 15) is 14.7 Å². The minimum absolute atomic E-state index is 0.0268. The summed E-state index contributed by atoms with van der Waals surface area (Å²) in [5.41, 5.74) is 4.11. The number of hydrazone groups is 1. The van der Waals surface area contributed by atoms with Crippen molar-refractivity contribution in [2.24, 2.45) is 5.10 Å². The average Bonchev–Trinajstić information content (AvgIpc) is 2.63. The van der Waals surface area contributed by atoms with Crippen LogP contribution >= 0.6 is 0 Å². The van der Waals surface area contributed by atoms with Gasteiger partial charge in [0.1, 0.15) is 0 Å². The standard InChI is InChI=1S/C18H19N3O4/c1-3-17(23)20-14-7-5-13(6-8-14)18(24)21-19-11-12-4-9-15(22)16(10-12)25-2/h4-11,22H,3H2,1-2H3,(H,20,23)(H,21,24)/b19-11-. The molecular formula is C18H19N3O4. The molecule has 0 saturated carbocycles. The maximum atomic E-state index is 12.0. The highest BCUT2D eigenvalue weighted by Gasteiger charge is 2.05. The second-order valence-electron chi connectivity index (χ2n) is 5.11. The summed E-state index contributed by atoms with van der Waals surface area (Å²) in [5.74, 6) is -0.125. The molecule has 0 saturated heterocycles. The van der Waals surface area contributed by atoms with E-state index < -0.39 is 0 Å². The van der Waals surface area contributed by atoms with Crippen LogP contribution in [0.4, 0.5) is 5.69 Å². The fourth-order valence-electron chi connectivity index (χ4n) is 1.96. The Morgan fingerprint density at radius 2 is 1.92 bits per heavy atom. The van der Waals surface area contributed by atoms with Gasteiger partial charge in [-0.1, -0.05) is 6.92 Å². The van der Waals surface area contributed by atoms with Gasteiger partial charge in [0, 0.05) is 17.7 Å². The molecule has 2 rings (SSSR count). The fourth-order valence-corrected chi connectivity index (χ4v) is 1.96. The van der Waals surface area contributed by atoms with Gasteiger partial charge in [0.2, 0.25) is 5.91 Å². The van der Waals surface area contributed by atoms with Gasteiger partial charge in [0.15, 0.2) is 11.5 Å². The van der Waals surface area contributed by atoms with E-state index in [4.69, 9.17) is 4.74 Å². The molecule has 2 amide bonds. The van der Waals surface area contributed by atoms with E-state index >= 15 is 0 Å². The van der Waals surface area contributed by atoms with Gasteiger partial charge in [-0.3, -0.25) is 9.59 Å². The molecule has 0 heterocycles. The second-order valence-corrected chi connectivity index (χ2v) is 5.11. The summed E-state index contributed by atoms with van der Waals surface area (Å²) in [4.78, 5) is 23.3. The Kier molecular flexibility index (Phi) is 6.11. The highest BCUT2D eigenvalue weighted by Crippen LogP contribution is 2.25. The molecular weight excluding hydrogens is 322 g/mol. The van der Waals surface area contributed by atoms with Gasteiger partial charge in [-0.2, -0.15) is 5.10 Å². The van der Waals surface area contributed by atoms with E-state index in [1.807, 2.05) is 0 Å². The third-order valence-corrected chi connectivity index (χ3v) is 3.34. The number of benzene rings is 2. The lowest BCUT2D eigenvalue weighted by molar-refractivity contribution is -0.115. The zero-order valence-corrected chi connectivity index (χ0v) is 13.9. The number of hydrogen-bond donors (Lipinski definition) is 3. The number of methoxy groups -OCH3 is 1.